The maximum atomic E-state index is 14.2. The van der Waals surface area contributed by atoms with E-state index in [-0.39, 0.29) is 31.7 Å². The number of rotatable bonds is 4. The van der Waals surface area contributed by atoms with Gasteiger partial charge in [-0.15, -0.1) is 0 Å². The standard InChI is InChI=1S/C21H23FN2O4S/c1-28-17-6-8-19(20(22)14-17)21(25)23-9-11-24(12-10-23)29(26,27)18-7-5-15-3-2-4-16(15)13-18/h5-8,13-14H,2-4,9-12H2,1H3. The Morgan fingerprint density at radius 1 is 1.00 bits per heavy atom. The van der Waals surface area contributed by atoms with E-state index in [1.54, 1.807) is 12.1 Å². The molecular formula is C21H23FN2O4S. The number of hydrogen-bond acceptors (Lipinski definition) is 4. The van der Waals surface area contributed by atoms with Gasteiger partial charge in [-0.2, -0.15) is 4.31 Å². The zero-order valence-corrected chi connectivity index (χ0v) is 17.0. The smallest absolute Gasteiger partial charge is 0.256 e. The maximum Gasteiger partial charge on any atom is 0.256 e. The molecule has 1 heterocycles. The van der Waals surface area contributed by atoms with Crippen molar-refractivity contribution < 1.29 is 22.3 Å². The van der Waals surface area contributed by atoms with Crippen molar-refractivity contribution in [2.45, 2.75) is 24.2 Å². The fourth-order valence-electron chi connectivity index (χ4n) is 3.96. The lowest BCUT2D eigenvalue weighted by Crippen LogP contribution is -2.50. The highest BCUT2D eigenvalue weighted by Crippen LogP contribution is 2.27. The quantitative estimate of drug-likeness (QED) is 0.765. The van der Waals surface area contributed by atoms with Crippen molar-refractivity contribution in [2.24, 2.45) is 0 Å². The lowest BCUT2D eigenvalue weighted by molar-refractivity contribution is 0.0693. The number of aryl methyl sites for hydroxylation is 2. The number of carbonyl (C=O) groups excluding carboxylic acids is 1. The van der Waals surface area contributed by atoms with E-state index in [0.29, 0.717) is 10.6 Å². The number of methoxy groups -OCH3 is 1. The summed E-state index contributed by atoms with van der Waals surface area (Å²) in [6.45, 7) is 0.800. The molecule has 1 aliphatic heterocycles. The molecule has 2 aromatic carbocycles. The van der Waals surface area contributed by atoms with E-state index in [9.17, 15) is 17.6 Å². The predicted octanol–water partition coefficient (Wildman–Crippen LogP) is 2.47. The summed E-state index contributed by atoms with van der Waals surface area (Å²) in [5.74, 6) is -0.758. The second-order valence-electron chi connectivity index (χ2n) is 7.33. The van der Waals surface area contributed by atoms with Crippen LogP contribution in [0.25, 0.3) is 0 Å². The van der Waals surface area contributed by atoms with Crippen LogP contribution in [0.3, 0.4) is 0 Å². The van der Waals surface area contributed by atoms with Crippen LogP contribution in [-0.2, 0) is 22.9 Å². The summed E-state index contributed by atoms with van der Waals surface area (Å²) >= 11 is 0. The molecule has 154 valence electrons. The summed E-state index contributed by atoms with van der Waals surface area (Å²) in [5.41, 5.74) is 2.29. The van der Waals surface area contributed by atoms with Crippen LogP contribution in [-0.4, -0.2) is 56.8 Å². The minimum atomic E-state index is -3.61. The number of ether oxygens (including phenoxy) is 1. The highest BCUT2D eigenvalue weighted by atomic mass is 32.2. The van der Waals surface area contributed by atoms with Gasteiger partial charge in [0.2, 0.25) is 10.0 Å². The molecule has 0 unspecified atom stereocenters. The second kappa shape index (κ2) is 7.76. The Hall–Kier alpha value is -2.45. The van der Waals surface area contributed by atoms with E-state index in [1.807, 2.05) is 6.07 Å². The van der Waals surface area contributed by atoms with E-state index >= 15 is 0 Å². The van der Waals surface area contributed by atoms with Gasteiger partial charge < -0.3 is 9.64 Å². The van der Waals surface area contributed by atoms with Crippen molar-refractivity contribution in [1.82, 2.24) is 9.21 Å². The van der Waals surface area contributed by atoms with Gasteiger partial charge in [-0.05, 0) is 54.7 Å². The average molecular weight is 418 g/mol. The van der Waals surface area contributed by atoms with Crippen molar-refractivity contribution in [3.05, 3.63) is 58.9 Å². The van der Waals surface area contributed by atoms with Gasteiger partial charge in [-0.25, -0.2) is 12.8 Å². The largest absolute Gasteiger partial charge is 0.497 e. The van der Waals surface area contributed by atoms with Crippen LogP contribution in [0.2, 0.25) is 0 Å². The van der Waals surface area contributed by atoms with Gasteiger partial charge in [0.25, 0.3) is 5.91 Å². The number of sulfonamides is 1. The highest BCUT2D eigenvalue weighted by Gasteiger charge is 2.31. The molecule has 0 N–H and O–H groups in total. The molecule has 0 aromatic heterocycles. The number of piperazine rings is 1. The zero-order valence-electron chi connectivity index (χ0n) is 16.2. The first kappa shape index (κ1) is 19.8. The van der Waals surface area contributed by atoms with Crippen molar-refractivity contribution in [2.75, 3.05) is 33.3 Å². The van der Waals surface area contributed by atoms with E-state index in [2.05, 4.69) is 0 Å². The predicted molar refractivity (Wildman–Crippen MR) is 106 cm³/mol. The molecule has 0 atom stereocenters. The molecule has 2 aliphatic rings. The van der Waals surface area contributed by atoms with Gasteiger partial charge in [-0.1, -0.05) is 6.07 Å². The molecule has 0 bridgehead atoms. The maximum absolute atomic E-state index is 14.2. The number of fused-ring (bicyclic) bond motifs is 1. The molecule has 1 amide bonds. The van der Waals surface area contributed by atoms with Gasteiger partial charge in [0.05, 0.1) is 17.6 Å². The number of hydrogen-bond donors (Lipinski definition) is 0. The van der Waals surface area contributed by atoms with Crippen LogP contribution < -0.4 is 4.74 Å². The molecule has 1 aliphatic carbocycles. The number of benzene rings is 2. The van der Waals surface area contributed by atoms with Gasteiger partial charge >= 0.3 is 0 Å². The zero-order chi connectivity index (χ0) is 20.6. The van der Waals surface area contributed by atoms with Crippen LogP contribution >= 0.6 is 0 Å². The molecule has 0 radical (unpaired) electrons. The highest BCUT2D eigenvalue weighted by molar-refractivity contribution is 7.89. The fourth-order valence-corrected chi connectivity index (χ4v) is 5.43. The van der Waals surface area contributed by atoms with E-state index in [0.717, 1.165) is 24.8 Å². The summed E-state index contributed by atoms with van der Waals surface area (Å²) < 4.78 is 46.6. The van der Waals surface area contributed by atoms with E-state index in [1.165, 1.54) is 40.1 Å². The minimum Gasteiger partial charge on any atom is -0.497 e. The summed E-state index contributed by atoms with van der Waals surface area (Å²) in [6, 6.07) is 9.45. The lowest BCUT2D eigenvalue weighted by atomic mass is 10.1. The Kier molecular flexibility index (Phi) is 5.31. The van der Waals surface area contributed by atoms with Gasteiger partial charge in [0.1, 0.15) is 11.6 Å². The Bertz CT molecular complexity index is 1050. The second-order valence-corrected chi connectivity index (χ2v) is 9.26. The van der Waals surface area contributed by atoms with Crippen molar-refractivity contribution in [1.29, 1.82) is 0 Å². The van der Waals surface area contributed by atoms with Crippen LogP contribution in [0, 0.1) is 5.82 Å². The summed E-state index contributed by atoms with van der Waals surface area (Å²) in [7, 11) is -2.18. The molecule has 6 nitrogen and oxygen atoms in total. The molecule has 8 heteroatoms. The third kappa shape index (κ3) is 3.74. The lowest BCUT2D eigenvalue weighted by Gasteiger charge is -2.34. The Labute approximate surface area is 169 Å². The topological polar surface area (TPSA) is 66.9 Å². The minimum absolute atomic E-state index is 0.0410. The first-order valence-corrected chi connectivity index (χ1v) is 11.1. The molecule has 1 saturated heterocycles. The fraction of sp³-hybridized carbons (Fsp3) is 0.381. The molecule has 1 fully saturated rings. The molecule has 29 heavy (non-hydrogen) atoms. The number of amides is 1. The Morgan fingerprint density at radius 2 is 1.72 bits per heavy atom. The van der Waals surface area contributed by atoms with E-state index < -0.39 is 21.7 Å². The number of halogens is 1. The number of carbonyl (C=O) groups is 1. The first-order chi connectivity index (χ1) is 13.9. The van der Waals surface area contributed by atoms with Crippen LogP contribution in [0.4, 0.5) is 4.39 Å². The van der Waals surface area contributed by atoms with Crippen LogP contribution in [0.15, 0.2) is 41.3 Å². The molecular weight excluding hydrogens is 395 g/mol. The van der Waals surface area contributed by atoms with Crippen LogP contribution in [0.1, 0.15) is 27.9 Å². The third-order valence-electron chi connectivity index (χ3n) is 5.64. The number of nitrogens with zero attached hydrogens (tertiary/aromatic N) is 2. The normalized spacial score (nSPS) is 17.2. The molecule has 2 aromatic rings. The first-order valence-electron chi connectivity index (χ1n) is 9.65. The Morgan fingerprint density at radius 3 is 2.41 bits per heavy atom. The summed E-state index contributed by atoms with van der Waals surface area (Å²) in [6.07, 6.45) is 2.97. The molecule has 0 saturated carbocycles. The molecule has 0 spiro atoms. The van der Waals surface area contributed by atoms with Crippen molar-refractivity contribution in [3.63, 3.8) is 0 Å². The molecule has 4 rings (SSSR count). The monoisotopic (exact) mass is 418 g/mol. The van der Waals surface area contributed by atoms with Gasteiger partial charge in [-0.3, -0.25) is 4.79 Å². The van der Waals surface area contributed by atoms with Crippen molar-refractivity contribution >= 4 is 15.9 Å². The van der Waals surface area contributed by atoms with Crippen LogP contribution in [0.5, 0.6) is 5.75 Å². The van der Waals surface area contributed by atoms with Gasteiger partial charge in [0.15, 0.2) is 0 Å². The summed E-state index contributed by atoms with van der Waals surface area (Å²) in [5, 5.41) is 0. The van der Waals surface area contributed by atoms with Crippen molar-refractivity contribution in [3.8, 4) is 5.75 Å². The van der Waals surface area contributed by atoms with Gasteiger partial charge in [0, 0.05) is 32.2 Å². The Balaban J connectivity index is 1.45. The SMILES string of the molecule is COc1ccc(C(=O)N2CCN(S(=O)(=O)c3ccc4c(c3)CCC4)CC2)c(F)c1. The average Bonchev–Trinajstić information content (AvgIpc) is 3.21. The van der Waals surface area contributed by atoms with E-state index in [4.69, 9.17) is 4.74 Å². The third-order valence-corrected chi connectivity index (χ3v) is 7.53. The summed E-state index contributed by atoms with van der Waals surface area (Å²) in [4.78, 5) is 14.4.